The number of quaternary nitrogens is 1. The highest BCUT2D eigenvalue weighted by atomic mass is 19.4. The third-order valence-corrected chi connectivity index (χ3v) is 4.74. The van der Waals surface area contributed by atoms with Gasteiger partial charge in [0, 0.05) is 29.6 Å². The lowest BCUT2D eigenvalue weighted by atomic mass is 10.0. The number of nitrogens with two attached hydrogens (primary N) is 1. The number of halogens is 3. The van der Waals surface area contributed by atoms with Gasteiger partial charge in [-0.1, -0.05) is 12.1 Å². The van der Waals surface area contributed by atoms with E-state index in [0.717, 1.165) is 34.7 Å². The van der Waals surface area contributed by atoms with E-state index in [4.69, 9.17) is 4.42 Å². The molecule has 3 aromatic heterocycles. The molecule has 0 unspecified atom stereocenters. The quantitative estimate of drug-likeness (QED) is 0.557. The van der Waals surface area contributed by atoms with Crippen molar-refractivity contribution < 1.29 is 22.9 Å². The molecule has 0 amide bonds. The number of aromatic nitrogens is 2. The van der Waals surface area contributed by atoms with E-state index in [0.29, 0.717) is 22.4 Å². The Morgan fingerprint density at radius 1 is 0.893 bits per heavy atom. The first kappa shape index (κ1) is 16.7. The topological polar surface area (TPSA) is 55.5 Å². The third-order valence-electron chi connectivity index (χ3n) is 4.74. The van der Waals surface area contributed by atoms with Crippen LogP contribution in [0.15, 0.2) is 71.5 Å². The monoisotopic (exact) mass is 380 g/mol. The molecule has 0 atom stereocenters. The minimum Gasteiger partial charge on any atom is -0.454 e. The summed E-state index contributed by atoms with van der Waals surface area (Å²) in [4.78, 5) is 8.70. The van der Waals surface area contributed by atoms with E-state index in [1.807, 2.05) is 29.7 Å². The van der Waals surface area contributed by atoms with E-state index in [1.165, 1.54) is 12.1 Å². The SMILES string of the molecule is FC(F)(F)c1ccc(-c2cc3nccc(C4=C[NH2+]c5ncccc54)c3o2)cc1. The van der Waals surface area contributed by atoms with Gasteiger partial charge in [-0.25, -0.2) is 4.98 Å². The summed E-state index contributed by atoms with van der Waals surface area (Å²) in [5.41, 5.74) is 3.95. The fraction of sp³-hybridized carbons (Fsp3) is 0.0476. The third kappa shape index (κ3) is 2.68. The molecule has 4 heterocycles. The van der Waals surface area contributed by atoms with Crippen molar-refractivity contribution in [1.82, 2.24) is 9.97 Å². The Kier molecular flexibility index (Phi) is 3.60. The lowest BCUT2D eigenvalue weighted by Gasteiger charge is -2.06. The maximum Gasteiger partial charge on any atom is 0.416 e. The second-order valence-electron chi connectivity index (χ2n) is 6.44. The summed E-state index contributed by atoms with van der Waals surface area (Å²) in [6.07, 6.45) is 1.05. The Labute approximate surface area is 157 Å². The van der Waals surface area contributed by atoms with Gasteiger partial charge < -0.3 is 4.42 Å². The summed E-state index contributed by atoms with van der Waals surface area (Å²) >= 11 is 0. The standard InChI is InChI=1S/C21H12F3N3O/c22-21(23,24)13-5-3-12(4-6-13)18-10-17-19(28-18)14(7-9-25-17)16-11-27-20-15(16)2-1-8-26-20/h1-11H,(H,26,27)/p+1. The minimum absolute atomic E-state index is 0.470. The van der Waals surface area contributed by atoms with Gasteiger partial charge >= 0.3 is 6.18 Å². The number of nitrogens with zero attached hydrogens (tertiary/aromatic N) is 2. The van der Waals surface area contributed by atoms with Crippen molar-refractivity contribution in [2.24, 2.45) is 0 Å². The molecule has 138 valence electrons. The van der Waals surface area contributed by atoms with E-state index in [9.17, 15) is 13.2 Å². The van der Waals surface area contributed by atoms with Crippen molar-refractivity contribution in [2.45, 2.75) is 6.18 Å². The number of rotatable bonds is 2. The molecule has 1 aliphatic heterocycles. The van der Waals surface area contributed by atoms with Crippen LogP contribution < -0.4 is 5.32 Å². The van der Waals surface area contributed by atoms with Crippen molar-refractivity contribution in [3.05, 3.63) is 83.8 Å². The fourth-order valence-electron chi connectivity index (χ4n) is 3.38. The first-order valence-corrected chi connectivity index (χ1v) is 8.58. The molecule has 0 spiro atoms. The first-order valence-electron chi connectivity index (χ1n) is 8.58. The Bertz CT molecular complexity index is 1220. The molecule has 0 fully saturated rings. The molecule has 0 saturated carbocycles. The van der Waals surface area contributed by atoms with Gasteiger partial charge in [0.15, 0.2) is 5.58 Å². The van der Waals surface area contributed by atoms with Crippen LogP contribution in [0.2, 0.25) is 0 Å². The van der Waals surface area contributed by atoms with Crippen LogP contribution in [0.5, 0.6) is 0 Å². The van der Waals surface area contributed by atoms with Gasteiger partial charge in [0.25, 0.3) is 0 Å². The number of alkyl halides is 3. The molecule has 28 heavy (non-hydrogen) atoms. The molecule has 1 aliphatic rings. The molecule has 7 heteroatoms. The zero-order valence-corrected chi connectivity index (χ0v) is 14.4. The van der Waals surface area contributed by atoms with Crippen LogP contribution in [-0.4, -0.2) is 9.97 Å². The minimum atomic E-state index is -4.37. The molecule has 4 aromatic rings. The van der Waals surface area contributed by atoms with Gasteiger partial charge in [-0.2, -0.15) is 13.2 Å². The van der Waals surface area contributed by atoms with E-state index >= 15 is 0 Å². The van der Waals surface area contributed by atoms with Gasteiger partial charge in [-0.05, 0) is 30.3 Å². The van der Waals surface area contributed by atoms with Crippen LogP contribution in [-0.2, 0) is 6.18 Å². The fourth-order valence-corrected chi connectivity index (χ4v) is 3.38. The van der Waals surface area contributed by atoms with E-state index < -0.39 is 11.7 Å². The summed E-state index contributed by atoms with van der Waals surface area (Å²) in [7, 11) is 0. The Hall–Kier alpha value is -3.45. The van der Waals surface area contributed by atoms with Gasteiger partial charge in [-0.3, -0.25) is 10.3 Å². The highest BCUT2D eigenvalue weighted by Gasteiger charge is 2.30. The highest BCUT2D eigenvalue weighted by molar-refractivity contribution is 5.96. The summed E-state index contributed by atoms with van der Waals surface area (Å²) in [5, 5.41) is 1.94. The molecular formula is C21H13F3N3O+. The predicted molar refractivity (Wildman–Crippen MR) is 97.3 cm³/mol. The van der Waals surface area contributed by atoms with Gasteiger partial charge in [-0.15, -0.1) is 0 Å². The zero-order valence-electron chi connectivity index (χ0n) is 14.4. The van der Waals surface area contributed by atoms with Crippen LogP contribution in [0.4, 0.5) is 19.0 Å². The zero-order chi connectivity index (χ0) is 19.3. The van der Waals surface area contributed by atoms with Gasteiger partial charge in [0.1, 0.15) is 17.5 Å². The number of fused-ring (bicyclic) bond motifs is 2. The molecule has 1 aromatic carbocycles. The van der Waals surface area contributed by atoms with Crippen molar-refractivity contribution in [2.75, 3.05) is 0 Å². The van der Waals surface area contributed by atoms with E-state index in [2.05, 4.69) is 9.97 Å². The van der Waals surface area contributed by atoms with Crippen LogP contribution in [0, 0.1) is 0 Å². The van der Waals surface area contributed by atoms with Crippen molar-refractivity contribution in [3.8, 4) is 11.3 Å². The molecule has 0 aliphatic carbocycles. The average Bonchev–Trinajstić information content (AvgIpc) is 3.31. The maximum atomic E-state index is 12.8. The molecule has 5 rings (SSSR count). The summed E-state index contributed by atoms with van der Waals surface area (Å²) in [6, 6.07) is 12.4. The summed E-state index contributed by atoms with van der Waals surface area (Å²) in [6.45, 7) is 0. The number of furan rings is 1. The second kappa shape index (κ2) is 6.03. The van der Waals surface area contributed by atoms with Crippen molar-refractivity contribution >= 4 is 22.5 Å². The number of hydrogen-bond acceptors (Lipinski definition) is 3. The molecular weight excluding hydrogens is 367 g/mol. The Balaban J connectivity index is 1.59. The average molecular weight is 380 g/mol. The molecule has 0 saturated heterocycles. The predicted octanol–water partition coefficient (Wildman–Crippen LogP) is 4.51. The lowest BCUT2D eigenvalue weighted by molar-refractivity contribution is -0.495. The Morgan fingerprint density at radius 2 is 1.71 bits per heavy atom. The van der Waals surface area contributed by atoms with Crippen LogP contribution in [0.25, 0.3) is 28.0 Å². The molecule has 4 nitrogen and oxygen atoms in total. The summed E-state index contributed by atoms with van der Waals surface area (Å²) in [5.74, 6) is 1.36. The second-order valence-corrected chi connectivity index (χ2v) is 6.44. The van der Waals surface area contributed by atoms with Crippen LogP contribution >= 0.6 is 0 Å². The van der Waals surface area contributed by atoms with E-state index in [1.54, 1.807) is 18.5 Å². The Morgan fingerprint density at radius 3 is 2.50 bits per heavy atom. The largest absolute Gasteiger partial charge is 0.454 e. The van der Waals surface area contributed by atoms with Gasteiger partial charge in [0.2, 0.25) is 5.82 Å². The smallest absolute Gasteiger partial charge is 0.416 e. The maximum absolute atomic E-state index is 12.8. The van der Waals surface area contributed by atoms with Crippen LogP contribution in [0.1, 0.15) is 16.7 Å². The number of hydrogen-bond donors (Lipinski definition) is 1. The highest BCUT2D eigenvalue weighted by Crippen LogP contribution is 2.36. The van der Waals surface area contributed by atoms with Crippen molar-refractivity contribution in [1.29, 1.82) is 0 Å². The lowest BCUT2D eigenvalue weighted by Crippen LogP contribution is -2.70. The number of pyridine rings is 2. The summed E-state index contributed by atoms with van der Waals surface area (Å²) < 4.78 is 44.4. The van der Waals surface area contributed by atoms with E-state index in [-0.39, 0.29) is 0 Å². The van der Waals surface area contributed by atoms with Gasteiger partial charge in [0.05, 0.1) is 16.7 Å². The van der Waals surface area contributed by atoms with Crippen LogP contribution in [0.3, 0.4) is 0 Å². The molecule has 0 radical (unpaired) electrons. The first-order chi connectivity index (χ1) is 13.5. The number of benzene rings is 1. The normalized spacial score (nSPS) is 13.6. The molecule has 2 N–H and O–H groups in total. The molecule has 0 bridgehead atoms. The van der Waals surface area contributed by atoms with Crippen molar-refractivity contribution in [3.63, 3.8) is 0 Å².